The maximum atomic E-state index is 12.8. The summed E-state index contributed by atoms with van der Waals surface area (Å²) in [4.78, 5) is 28.9. The summed E-state index contributed by atoms with van der Waals surface area (Å²) in [5.74, 6) is -1.80. The standard InChI is InChI=1S/C35H49N3O8/c1-22-9-14-26(35-31(42)29(40)30(41)34(46-35,21-45-35)33(2,3)44)20-25(22)19-24-12-10-23(11-13-24)7-6-8-28(39)38-17-15-27(38)32(43)36-16-18-37(4)5/h9-14,20,27,29-31,40-42,44H,6-8,15-19,21H2,1-5H3,(H,36,43)/t27-,29-,30-,31+,34-,35-/m0/s1. The Hall–Kier alpha value is -2.90. The van der Waals surface area contributed by atoms with Crippen LogP contribution in [0, 0.1) is 6.92 Å². The van der Waals surface area contributed by atoms with Gasteiger partial charge in [0, 0.05) is 31.6 Å². The number of benzene rings is 2. The molecule has 3 aliphatic rings. The van der Waals surface area contributed by atoms with E-state index in [4.69, 9.17) is 9.47 Å². The average molecular weight is 640 g/mol. The largest absolute Gasteiger partial charge is 0.387 e. The van der Waals surface area contributed by atoms with Crippen LogP contribution < -0.4 is 5.32 Å². The van der Waals surface area contributed by atoms with Crippen LogP contribution in [0.25, 0.3) is 0 Å². The smallest absolute Gasteiger partial charge is 0.242 e. The molecule has 3 heterocycles. The third-order valence-electron chi connectivity index (χ3n) is 9.91. The highest BCUT2D eigenvalue weighted by molar-refractivity contribution is 5.89. The van der Waals surface area contributed by atoms with Crippen LogP contribution in [-0.2, 0) is 37.7 Å². The molecule has 11 nitrogen and oxygen atoms in total. The molecule has 3 fully saturated rings. The lowest BCUT2D eigenvalue weighted by molar-refractivity contribution is -0.348. The topological polar surface area (TPSA) is 152 Å². The minimum atomic E-state index is -1.74. The summed E-state index contributed by atoms with van der Waals surface area (Å²) in [6.45, 7) is 6.71. The number of aryl methyl sites for hydroxylation is 2. The third-order valence-corrected chi connectivity index (χ3v) is 9.91. The van der Waals surface area contributed by atoms with Gasteiger partial charge in [-0.05, 0) is 88.9 Å². The van der Waals surface area contributed by atoms with Crippen LogP contribution in [0.1, 0.15) is 60.9 Å². The second-order valence-electron chi connectivity index (χ2n) is 13.9. The Kier molecular flexibility index (Phi) is 9.96. The number of rotatable bonds is 12. The predicted octanol–water partition coefficient (Wildman–Crippen LogP) is 0.993. The van der Waals surface area contributed by atoms with Crippen molar-refractivity contribution in [1.82, 2.24) is 15.1 Å². The van der Waals surface area contributed by atoms with Gasteiger partial charge in [-0.2, -0.15) is 0 Å². The Morgan fingerprint density at radius 3 is 2.39 bits per heavy atom. The van der Waals surface area contributed by atoms with Crippen molar-refractivity contribution in [1.29, 1.82) is 0 Å². The number of likely N-dealkylation sites (N-methyl/N-ethyl adjacent to an activating group) is 1. The highest BCUT2D eigenvalue weighted by Gasteiger charge is 2.71. The van der Waals surface area contributed by atoms with E-state index in [0.29, 0.717) is 44.3 Å². The summed E-state index contributed by atoms with van der Waals surface area (Å²) in [6, 6.07) is 13.4. The van der Waals surface area contributed by atoms with Crippen molar-refractivity contribution in [2.24, 2.45) is 0 Å². The fourth-order valence-corrected chi connectivity index (χ4v) is 6.67. The van der Waals surface area contributed by atoms with Gasteiger partial charge in [0.15, 0.2) is 5.60 Å². The normalized spacial score (nSPS) is 29.1. The quantitative estimate of drug-likeness (QED) is 0.229. The van der Waals surface area contributed by atoms with Gasteiger partial charge in [-0.3, -0.25) is 9.59 Å². The van der Waals surface area contributed by atoms with Gasteiger partial charge in [-0.25, -0.2) is 0 Å². The highest BCUT2D eigenvalue weighted by Crippen LogP contribution is 2.53. The number of nitrogens with one attached hydrogen (secondary N) is 1. The molecule has 5 rings (SSSR count). The Labute approximate surface area is 271 Å². The molecule has 2 amide bonds. The Bertz CT molecular complexity index is 1410. The van der Waals surface area contributed by atoms with Gasteiger partial charge < -0.3 is 45.0 Å². The monoisotopic (exact) mass is 639 g/mol. The van der Waals surface area contributed by atoms with Crippen molar-refractivity contribution in [3.05, 3.63) is 70.3 Å². The lowest BCUT2D eigenvalue weighted by Gasteiger charge is -2.50. The molecule has 11 heteroatoms. The van der Waals surface area contributed by atoms with Crippen molar-refractivity contribution < 1.29 is 39.5 Å². The van der Waals surface area contributed by atoms with E-state index in [0.717, 1.165) is 35.2 Å². The number of carbonyl (C=O) groups is 2. The number of carbonyl (C=O) groups excluding carboxylic acids is 2. The fourth-order valence-electron chi connectivity index (χ4n) is 6.67. The Morgan fingerprint density at radius 2 is 1.76 bits per heavy atom. The van der Waals surface area contributed by atoms with Crippen molar-refractivity contribution in [3.8, 4) is 0 Å². The first-order chi connectivity index (χ1) is 21.7. The van der Waals surface area contributed by atoms with Gasteiger partial charge in [0.05, 0.1) is 12.2 Å². The van der Waals surface area contributed by atoms with Crippen LogP contribution in [0.5, 0.6) is 0 Å². The number of aliphatic hydroxyl groups excluding tert-OH is 3. The van der Waals surface area contributed by atoms with Crippen LogP contribution in [0.15, 0.2) is 42.5 Å². The van der Waals surface area contributed by atoms with Gasteiger partial charge in [0.25, 0.3) is 0 Å². The number of likely N-dealkylation sites (tertiary alicyclic amines) is 1. The van der Waals surface area contributed by atoms with Crippen molar-refractivity contribution in [2.75, 3.05) is 40.3 Å². The van der Waals surface area contributed by atoms with E-state index in [1.54, 1.807) is 11.0 Å². The molecule has 252 valence electrons. The number of ether oxygens (including phenoxy) is 2. The number of hydrogen-bond acceptors (Lipinski definition) is 9. The zero-order chi connectivity index (χ0) is 33.4. The number of fused-ring (bicyclic) bond motifs is 2. The lowest BCUT2D eigenvalue weighted by atomic mass is 9.75. The zero-order valence-electron chi connectivity index (χ0n) is 27.5. The van der Waals surface area contributed by atoms with Gasteiger partial charge in [0.1, 0.15) is 24.4 Å². The minimum Gasteiger partial charge on any atom is -0.387 e. The maximum Gasteiger partial charge on any atom is 0.242 e. The number of amides is 2. The van der Waals surface area contributed by atoms with Gasteiger partial charge in [-0.15, -0.1) is 0 Å². The minimum absolute atomic E-state index is 0.0191. The van der Waals surface area contributed by atoms with Crippen LogP contribution >= 0.6 is 0 Å². The van der Waals surface area contributed by atoms with E-state index >= 15 is 0 Å². The zero-order valence-corrected chi connectivity index (χ0v) is 27.5. The molecule has 2 bridgehead atoms. The predicted molar refractivity (Wildman–Crippen MR) is 171 cm³/mol. The fraction of sp³-hybridized carbons (Fsp3) is 0.600. The molecule has 0 unspecified atom stereocenters. The highest BCUT2D eigenvalue weighted by atomic mass is 16.8. The van der Waals surface area contributed by atoms with E-state index in [1.165, 1.54) is 13.8 Å². The first kappa shape index (κ1) is 34.4. The summed E-state index contributed by atoms with van der Waals surface area (Å²) < 4.78 is 12.2. The molecule has 0 spiro atoms. The first-order valence-corrected chi connectivity index (χ1v) is 16.2. The molecule has 46 heavy (non-hydrogen) atoms. The van der Waals surface area contributed by atoms with Crippen molar-refractivity contribution in [3.63, 3.8) is 0 Å². The molecule has 2 aromatic carbocycles. The van der Waals surface area contributed by atoms with Crippen molar-refractivity contribution >= 4 is 11.8 Å². The summed E-state index contributed by atoms with van der Waals surface area (Å²) in [6.07, 6.45) is -1.55. The number of hydrogen-bond donors (Lipinski definition) is 5. The molecular formula is C35H49N3O8. The van der Waals surface area contributed by atoms with Crippen molar-refractivity contribution in [2.45, 2.75) is 94.2 Å². The summed E-state index contributed by atoms with van der Waals surface area (Å²) in [5.41, 5.74) is 1.51. The third kappa shape index (κ3) is 6.47. The second-order valence-corrected chi connectivity index (χ2v) is 13.9. The number of nitrogens with zero attached hydrogens (tertiary/aromatic N) is 2. The molecular weight excluding hydrogens is 590 g/mol. The van der Waals surface area contributed by atoms with Gasteiger partial charge in [-0.1, -0.05) is 36.4 Å². The molecule has 6 atom stereocenters. The van der Waals surface area contributed by atoms with E-state index < -0.39 is 35.3 Å². The first-order valence-electron chi connectivity index (χ1n) is 16.2. The SMILES string of the molecule is Cc1ccc([C@]23OC[C@](C(C)(C)O)(O2)[C@@H](O)[C@H](O)[C@H]3O)cc1Cc1ccc(CCCC(=O)N2CC[C@H]2C(=O)NCCN(C)C)cc1. The summed E-state index contributed by atoms with van der Waals surface area (Å²) >= 11 is 0. The summed E-state index contributed by atoms with van der Waals surface area (Å²) in [7, 11) is 3.90. The van der Waals surface area contributed by atoms with Gasteiger partial charge >= 0.3 is 0 Å². The average Bonchev–Trinajstić information content (AvgIpc) is 3.37. The molecule has 3 aliphatic heterocycles. The molecule has 3 saturated heterocycles. The Balaban J connectivity index is 1.18. The van der Waals surface area contributed by atoms with Gasteiger partial charge in [0.2, 0.25) is 17.6 Å². The molecule has 0 saturated carbocycles. The molecule has 0 radical (unpaired) electrons. The Morgan fingerprint density at radius 1 is 1.07 bits per heavy atom. The molecule has 5 N–H and O–H groups in total. The van der Waals surface area contributed by atoms with Crippen LogP contribution in [0.4, 0.5) is 0 Å². The molecule has 2 aromatic rings. The summed E-state index contributed by atoms with van der Waals surface area (Å²) in [5, 5.41) is 46.4. The van der Waals surface area contributed by atoms with E-state index in [2.05, 4.69) is 29.6 Å². The molecule has 0 aliphatic carbocycles. The van der Waals surface area contributed by atoms with E-state index in [9.17, 15) is 30.0 Å². The molecule has 0 aromatic heterocycles. The lowest BCUT2D eigenvalue weighted by Crippen LogP contribution is -2.70. The van der Waals surface area contributed by atoms with E-state index in [1.807, 2.05) is 38.1 Å². The van der Waals surface area contributed by atoms with Crippen LogP contribution in [-0.4, -0.2) is 118 Å². The van der Waals surface area contributed by atoms with Crippen LogP contribution in [0.2, 0.25) is 0 Å². The maximum absolute atomic E-state index is 12.8. The number of aliphatic hydroxyl groups is 4. The van der Waals surface area contributed by atoms with E-state index in [-0.39, 0.29) is 24.5 Å². The van der Waals surface area contributed by atoms with Crippen LogP contribution in [0.3, 0.4) is 0 Å². The second kappa shape index (κ2) is 13.3.